The molecule has 0 bridgehead atoms. The van der Waals surface area contributed by atoms with E-state index in [1.165, 1.54) is 0 Å². The number of likely N-dealkylation sites (tertiary alicyclic amines) is 1. The molecule has 0 aromatic heterocycles. The molecule has 22 heavy (non-hydrogen) atoms. The number of piperidine rings is 1. The van der Waals surface area contributed by atoms with Crippen molar-refractivity contribution in [3.8, 4) is 0 Å². The van der Waals surface area contributed by atoms with E-state index in [1.807, 2.05) is 18.2 Å². The third-order valence-corrected chi connectivity index (χ3v) is 3.98. The number of aliphatic carboxylic acids is 1. The van der Waals surface area contributed by atoms with Gasteiger partial charge in [0.15, 0.2) is 0 Å². The van der Waals surface area contributed by atoms with Crippen molar-refractivity contribution in [1.29, 1.82) is 0 Å². The van der Waals surface area contributed by atoms with Crippen LogP contribution in [0.15, 0.2) is 30.3 Å². The van der Waals surface area contributed by atoms with Crippen LogP contribution in [0.3, 0.4) is 0 Å². The molecule has 1 aliphatic rings. The molecule has 1 aromatic carbocycles. The number of carboxylic acids is 1. The second-order valence-corrected chi connectivity index (χ2v) is 5.55. The van der Waals surface area contributed by atoms with Gasteiger partial charge >= 0.3 is 12.0 Å². The molecule has 1 heterocycles. The van der Waals surface area contributed by atoms with Crippen LogP contribution in [0.1, 0.15) is 31.2 Å². The SMILES string of the molecule is O=C(O)CCCNC(=O)N1CCC(F)(c2ccccc2)CC1. The van der Waals surface area contributed by atoms with Crippen molar-refractivity contribution in [2.75, 3.05) is 19.6 Å². The Bertz CT molecular complexity index is 513. The fourth-order valence-corrected chi connectivity index (χ4v) is 2.64. The predicted molar refractivity (Wildman–Crippen MR) is 80.3 cm³/mol. The van der Waals surface area contributed by atoms with Crippen molar-refractivity contribution in [2.24, 2.45) is 0 Å². The minimum Gasteiger partial charge on any atom is -0.481 e. The molecule has 2 N–H and O–H groups in total. The molecule has 1 aliphatic heterocycles. The lowest BCUT2D eigenvalue weighted by atomic mass is 9.86. The predicted octanol–water partition coefficient (Wildman–Crippen LogP) is 2.52. The first kappa shape index (κ1) is 16.3. The number of benzene rings is 1. The number of nitrogens with zero attached hydrogens (tertiary/aromatic N) is 1. The first-order valence-electron chi connectivity index (χ1n) is 7.50. The molecule has 0 saturated carbocycles. The topological polar surface area (TPSA) is 69.6 Å². The van der Waals surface area contributed by atoms with Gasteiger partial charge in [0.05, 0.1) is 0 Å². The largest absolute Gasteiger partial charge is 0.481 e. The van der Waals surface area contributed by atoms with E-state index in [0.29, 0.717) is 31.6 Å². The highest BCUT2D eigenvalue weighted by atomic mass is 19.1. The van der Waals surface area contributed by atoms with Crippen LogP contribution in [0.25, 0.3) is 0 Å². The molecule has 120 valence electrons. The van der Waals surface area contributed by atoms with Crippen molar-refractivity contribution in [3.63, 3.8) is 0 Å². The summed E-state index contributed by atoms with van der Waals surface area (Å²) in [6, 6.07) is 8.80. The molecule has 2 rings (SSSR count). The molecule has 0 aliphatic carbocycles. The summed E-state index contributed by atoms with van der Waals surface area (Å²) in [5, 5.41) is 11.2. The quantitative estimate of drug-likeness (QED) is 0.821. The summed E-state index contributed by atoms with van der Waals surface area (Å²) in [5.74, 6) is -0.878. The molecule has 0 unspecified atom stereocenters. The highest BCUT2D eigenvalue weighted by Crippen LogP contribution is 2.36. The average molecular weight is 308 g/mol. The second kappa shape index (κ2) is 7.24. The second-order valence-electron chi connectivity index (χ2n) is 5.55. The lowest BCUT2D eigenvalue weighted by molar-refractivity contribution is -0.137. The van der Waals surface area contributed by atoms with Gasteiger partial charge in [-0.1, -0.05) is 30.3 Å². The molecule has 6 heteroatoms. The van der Waals surface area contributed by atoms with Gasteiger partial charge in [0.2, 0.25) is 0 Å². The van der Waals surface area contributed by atoms with Crippen molar-refractivity contribution in [3.05, 3.63) is 35.9 Å². The molecule has 0 spiro atoms. The summed E-state index contributed by atoms with van der Waals surface area (Å²) in [5.41, 5.74) is -0.710. The number of amides is 2. The fraction of sp³-hybridized carbons (Fsp3) is 0.500. The number of halogens is 1. The average Bonchev–Trinajstić information content (AvgIpc) is 2.53. The van der Waals surface area contributed by atoms with Crippen molar-refractivity contribution >= 4 is 12.0 Å². The number of hydrogen-bond acceptors (Lipinski definition) is 2. The Balaban J connectivity index is 1.79. The number of alkyl halides is 1. The minimum atomic E-state index is -1.37. The molecular weight excluding hydrogens is 287 g/mol. The Morgan fingerprint density at radius 3 is 2.45 bits per heavy atom. The van der Waals surface area contributed by atoms with E-state index in [2.05, 4.69) is 5.32 Å². The third-order valence-electron chi connectivity index (χ3n) is 3.98. The lowest BCUT2D eigenvalue weighted by Gasteiger charge is -2.36. The van der Waals surface area contributed by atoms with E-state index >= 15 is 0 Å². The van der Waals surface area contributed by atoms with Gasteiger partial charge in [-0.25, -0.2) is 9.18 Å². The van der Waals surface area contributed by atoms with Crippen LogP contribution in [0.2, 0.25) is 0 Å². The first-order valence-corrected chi connectivity index (χ1v) is 7.50. The Hall–Kier alpha value is -2.11. The highest BCUT2D eigenvalue weighted by Gasteiger charge is 2.37. The standard InChI is InChI=1S/C16H21FN2O3/c17-16(13-5-2-1-3-6-13)8-11-19(12-9-16)15(22)18-10-4-7-14(20)21/h1-3,5-6H,4,7-12H2,(H,18,22)(H,20,21). The Labute approximate surface area is 129 Å². The van der Waals surface area contributed by atoms with Crippen LogP contribution in [-0.4, -0.2) is 41.6 Å². The summed E-state index contributed by atoms with van der Waals surface area (Å²) in [4.78, 5) is 23.9. The van der Waals surface area contributed by atoms with E-state index in [-0.39, 0.29) is 25.3 Å². The zero-order valence-corrected chi connectivity index (χ0v) is 12.4. The van der Waals surface area contributed by atoms with Crippen LogP contribution in [-0.2, 0) is 10.5 Å². The van der Waals surface area contributed by atoms with Gasteiger partial charge in [-0.15, -0.1) is 0 Å². The van der Waals surface area contributed by atoms with Gasteiger partial charge in [0.25, 0.3) is 0 Å². The van der Waals surface area contributed by atoms with Gasteiger partial charge in [-0.3, -0.25) is 4.79 Å². The Morgan fingerprint density at radius 2 is 1.86 bits per heavy atom. The van der Waals surface area contributed by atoms with Crippen molar-refractivity contribution in [1.82, 2.24) is 10.2 Å². The van der Waals surface area contributed by atoms with E-state index in [4.69, 9.17) is 5.11 Å². The number of carboxylic acid groups (broad SMARTS) is 1. The van der Waals surface area contributed by atoms with Gasteiger partial charge in [-0.2, -0.15) is 0 Å². The Morgan fingerprint density at radius 1 is 1.23 bits per heavy atom. The van der Waals surface area contributed by atoms with Gasteiger partial charge in [0.1, 0.15) is 5.67 Å². The number of urea groups is 1. The zero-order valence-electron chi connectivity index (χ0n) is 12.4. The normalized spacial score (nSPS) is 17.0. The monoisotopic (exact) mass is 308 g/mol. The summed E-state index contributed by atoms with van der Waals surface area (Å²) in [7, 11) is 0. The maximum absolute atomic E-state index is 14.9. The van der Waals surface area contributed by atoms with Gasteiger partial charge in [-0.05, 0) is 12.0 Å². The van der Waals surface area contributed by atoms with E-state index in [1.54, 1.807) is 17.0 Å². The van der Waals surface area contributed by atoms with E-state index in [0.717, 1.165) is 0 Å². The molecule has 0 atom stereocenters. The summed E-state index contributed by atoms with van der Waals surface area (Å²) >= 11 is 0. The lowest BCUT2D eigenvalue weighted by Crippen LogP contribution is -2.47. The third kappa shape index (κ3) is 4.19. The molecule has 1 saturated heterocycles. The fourth-order valence-electron chi connectivity index (χ4n) is 2.64. The first-order chi connectivity index (χ1) is 10.5. The highest BCUT2D eigenvalue weighted by molar-refractivity contribution is 5.74. The molecule has 1 fully saturated rings. The summed E-state index contributed by atoms with van der Waals surface area (Å²) in [6.07, 6.45) is 0.979. The zero-order chi connectivity index (χ0) is 16.0. The Kier molecular flexibility index (Phi) is 5.35. The van der Waals surface area contributed by atoms with E-state index in [9.17, 15) is 14.0 Å². The maximum atomic E-state index is 14.9. The molecule has 0 radical (unpaired) electrons. The van der Waals surface area contributed by atoms with Crippen LogP contribution in [0, 0.1) is 0 Å². The van der Waals surface area contributed by atoms with Crippen LogP contribution >= 0.6 is 0 Å². The molecule has 5 nitrogen and oxygen atoms in total. The molecule has 2 amide bonds. The number of carbonyl (C=O) groups excluding carboxylic acids is 1. The van der Waals surface area contributed by atoms with Gasteiger partial charge in [0, 0.05) is 38.9 Å². The van der Waals surface area contributed by atoms with Crippen molar-refractivity contribution in [2.45, 2.75) is 31.4 Å². The minimum absolute atomic E-state index is 0.0296. The van der Waals surface area contributed by atoms with Crippen LogP contribution in [0.5, 0.6) is 0 Å². The molecular formula is C16H21FN2O3. The van der Waals surface area contributed by atoms with Gasteiger partial charge < -0.3 is 15.3 Å². The number of carbonyl (C=O) groups is 2. The maximum Gasteiger partial charge on any atom is 0.317 e. The number of nitrogens with one attached hydrogen (secondary N) is 1. The smallest absolute Gasteiger partial charge is 0.317 e. The van der Waals surface area contributed by atoms with E-state index < -0.39 is 11.6 Å². The van der Waals surface area contributed by atoms with Crippen molar-refractivity contribution < 1.29 is 19.1 Å². The molecule has 1 aromatic rings. The van der Waals surface area contributed by atoms with Crippen LogP contribution in [0.4, 0.5) is 9.18 Å². The number of hydrogen-bond donors (Lipinski definition) is 2. The number of rotatable bonds is 5. The summed E-state index contributed by atoms with van der Waals surface area (Å²) < 4.78 is 14.9. The van der Waals surface area contributed by atoms with Crippen LogP contribution < -0.4 is 5.32 Å². The summed E-state index contributed by atoms with van der Waals surface area (Å²) in [6.45, 7) is 1.04.